The zero-order valence-electron chi connectivity index (χ0n) is 45.6. The molecule has 6 heteroatoms. The number of rotatable bonds is 40. The number of benzene rings is 2. The van der Waals surface area contributed by atoms with Gasteiger partial charge >= 0.3 is 0 Å². The van der Waals surface area contributed by atoms with Crippen LogP contribution in [0.4, 0.5) is 0 Å². The van der Waals surface area contributed by atoms with Crippen LogP contribution in [0.3, 0.4) is 0 Å². The molecule has 0 saturated heterocycles. The second-order valence-electron chi connectivity index (χ2n) is 21.5. The van der Waals surface area contributed by atoms with E-state index < -0.39 is 0 Å². The molecule has 2 aliphatic heterocycles. The van der Waals surface area contributed by atoms with E-state index in [1.54, 1.807) is 9.80 Å². The number of carbonyl (C=O) groups is 4. The number of nitrogens with zero attached hydrogens (tertiary/aromatic N) is 2. The molecule has 0 bridgehead atoms. The number of hydrogen-bond acceptors (Lipinski definition) is 4. The molecule has 0 saturated carbocycles. The molecule has 2 aromatic carbocycles. The van der Waals surface area contributed by atoms with Crippen molar-refractivity contribution in [3.05, 3.63) is 44.5 Å². The SMILES string of the molecule is CCCCCCCCc1c(CCCCCCCC)c2c3c(c(CCCCCCCC)c(CCCCCCCC)c4c3c1C(=O)N(CC(CC)CCCC)C4=O)C(=O)N(CC(CC)CCCC)C2=O. The fraction of sp³-hybridized carbons (Fsp3) is 0.774. The van der Waals surface area contributed by atoms with Gasteiger partial charge in [-0.15, -0.1) is 0 Å². The van der Waals surface area contributed by atoms with E-state index in [9.17, 15) is 0 Å². The van der Waals surface area contributed by atoms with Gasteiger partial charge in [-0.3, -0.25) is 29.0 Å². The summed E-state index contributed by atoms with van der Waals surface area (Å²) in [6, 6.07) is 0. The lowest BCUT2D eigenvalue weighted by molar-refractivity contribution is 0.0556. The molecule has 68 heavy (non-hydrogen) atoms. The average molecular weight is 940 g/mol. The predicted molar refractivity (Wildman–Crippen MR) is 290 cm³/mol. The predicted octanol–water partition coefficient (Wildman–Crippen LogP) is 18.1. The zero-order valence-corrected chi connectivity index (χ0v) is 45.6. The standard InChI is InChI=1S/C62H102N2O4/c1-9-17-23-27-31-35-41-49-50(42-36-32-28-24-18-10-2)54-58-56(62(68)64(60(54)66)46-48(16-8)40-22-14-6)52(44-38-34-30-26-20-12-4)51(43-37-33-29-25-19-11-3)55-57(58)53(49)59(65)63(61(55)67)45-47(15-7)39-21-13-5/h47-48H,9-46H2,1-8H3. The highest BCUT2D eigenvalue weighted by molar-refractivity contribution is 6.35. The van der Waals surface area contributed by atoms with Gasteiger partial charge in [0.2, 0.25) is 0 Å². The van der Waals surface area contributed by atoms with E-state index in [1.165, 1.54) is 77.0 Å². The second kappa shape index (κ2) is 32.1. The monoisotopic (exact) mass is 939 g/mol. The van der Waals surface area contributed by atoms with Gasteiger partial charge in [0.1, 0.15) is 0 Å². The highest BCUT2D eigenvalue weighted by Crippen LogP contribution is 2.47. The maximum Gasteiger partial charge on any atom is 0.261 e. The van der Waals surface area contributed by atoms with Crippen molar-refractivity contribution < 1.29 is 19.2 Å². The summed E-state index contributed by atoms with van der Waals surface area (Å²) in [7, 11) is 0. The smallest absolute Gasteiger partial charge is 0.261 e. The van der Waals surface area contributed by atoms with Crippen molar-refractivity contribution in [1.82, 2.24) is 9.80 Å². The van der Waals surface area contributed by atoms with Crippen LogP contribution in [0.2, 0.25) is 0 Å². The van der Waals surface area contributed by atoms with Crippen molar-refractivity contribution in [2.75, 3.05) is 13.1 Å². The highest BCUT2D eigenvalue weighted by atomic mass is 16.2. The maximum absolute atomic E-state index is 15.8. The van der Waals surface area contributed by atoms with Gasteiger partial charge in [-0.1, -0.05) is 222 Å². The minimum absolute atomic E-state index is 0.178. The van der Waals surface area contributed by atoms with E-state index in [2.05, 4.69) is 55.4 Å². The summed E-state index contributed by atoms with van der Waals surface area (Å²) in [5.41, 5.74) is 6.73. The van der Waals surface area contributed by atoms with Gasteiger partial charge < -0.3 is 0 Å². The molecular weight excluding hydrogens is 837 g/mol. The molecule has 2 heterocycles. The Morgan fingerprint density at radius 3 is 0.735 bits per heavy atom. The Hall–Kier alpha value is -3.02. The van der Waals surface area contributed by atoms with Crippen molar-refractivity contribution in [3.8, 4) is 0 Å². The third-order valence-corrected chi connectivity index (χ3v) is 16.1. The number of imide groups is 2. The number of amides is 4. The maximum atomic E-state index is 15.8. The number of hydrogen-bond donors (Lipinski definition) is 0. The minimum Gasteiger partial charge on any atom is -0.274 e. The van der Waals surface area contributed by atoms with Gasteiger partial charge in [-0.25, -0.2) is 0 Å². The summed E-state index contributed by atoms with van der Waals surface area (Å²) >= 11 is 0. The summed E-state index contributed by atoms with van der Waals surface area (Å²) in [5.74, 6) is -0.265. The third kappa shape index (κ3) is 15.5. The first-order valence-electron chi connectivity index (χ1n) is 29.6. The van der Waals surface area contributed by atoms with Crippen LogP contribution in [0.15, 0.2) is 0 Å². The quantitative estimate of drug-likeness (QED) is 0.0493. The summed E-state index contributed by atoms with van der Waals surface area (Å²) in [6.07, 6.45) is 38.1. The van der Waals surface area contributed by atoms with Crippen molar-refractivity contribution in [2.45, 2.75) is 287 Å². The van der Waals surface area contributed by atoms with Crippen LogP contribution in [0.5, 0.6) is 0 Å². The van der Waals surface area contributed by atoms with Gasteiger partial charge in [0.25, 0.3) is 23.6 Å². The molecule has 2 aromatic rings. The summed E-state index contributed by atoms with van der Waals surface area (Å²) < 4.78 is 0. The van der Waals surface area contributed by atoms with Crippen molar-refractivity contribution in [1.29, 1.82) is 0 Å². The summed E-state index contributed by atoms with van der Waals surface area (Å²) in [4.78, 5) is 66.4. The van der Waals surface area contributed by atoms with Crippen LogP contribution in [0.25, 0.3) is 10.8 Å². The fourth-order valence-electron chi connectivity index (χ4n) is 11.7. The van der Waals surface area contributed by atoms with E-state index >= 15 is 19.2 Å². The molecule has 2 aliphatic rings. The van der Waals surface area contributed by atoms with Crippen molar-refractivity contribution in [2.24, 2.45) is 11.8 Å². The first-order valence-corrected chi connectivity index (χ1v) is 29.6. The molecule has 384 valence electrons. The van der Waals surface area contributed by atoms with E-state index in [4.69, 9.17) is 0 Å². The average Bonchev–Trinajstić information content (AvgIpc) is 3.34. The molecule has 0 fully saturated rings. The molecule has 2 unspecified atom stereocenters. The van der Waals surface area contributed by atoms with Crippen LogP contribution in [0.1, 0.15) is 325 Å². The van der Waals surface area contributed by atoms with Crippen molar-refractivity contribution in [3.63, 3.8) is 0 Å². The van der Waals surface area contributed by atoms with Crippen molar-refractivity contribution >= 4 is 34.4 Å². The zero-order chi connectivity index (χ0) is 49.3. The van der Waals surface area contributed by atoms with Gasteiger partial charge in [-0.05, 0) is 98.3 Å². The number of carbonyl (C=O) groups excluding carboxylic acids is 4. The molecule has 0 spiro atoms. The van der Waals surface area contributed by atoms with E-state index in [0.717, 1.165) is 151 Å². The summed E-state index contributed by atoms with van der Waals surface area (Å²) in [6.45, 7) is 18.7. The van der Waals surface area contributed by atoms with Crippen LogP contribution in [-0.2, 0) is 25.7 Å². The molecular formula is C62H102N2O4. The molecule has 0 N–H and O–H groups in total. The van der Waals surface area contributed by atoms with Crippen LogP contribution >= 0.6 is 0 Å². The Labute approximate surface area is 417 Å². The molecule has 0 radical (unpaired) electrons. The highest BCUT2D eigenvalue weighted by Gasteiger charge is 2.46. The lowest BCUT2D eigenvalue weighted by Crippen LogP contribution is -2.47. The Balaban J connectivity index is 2.14. The fourth-order valence-corrected chi connectivity index (χ4v) is 11.7. The molecule has 2 atom stereocenters. The van der Waals surface area contributed by atoms with Gasteiger partial charge in [0, 0.05) is 23.9 Å². The lowest BCUT2D eigenvalue weighted by atomic mass is 9.73. The second-order valence-corrected chi connectivity index (χ2v) is 21.5. The van der Waals surface area contributed by atoms with E-state index in [1.807, 2.05) is 0 Å². The molecule has 4 amide bonds. The van der Waals surface area contributed by atoms with Crippen LogP contribution in [0, 0.1) is 11.8 Å². The van der Waals surface area contributed by atoms with E-state index in [0.29, 0.717) is 71.8 Å². The van der Waals surface area contributed by atoms with E-state index in [-0.39, 0.29) is 35.5 Å². The van der Waals surface area contributed by atoms with Crippen LogP contribution in [-0.4, -0.2) is 46.5 Å². The van der Waals surface area contributed by atoms with Gasteiger partial charge in [-0.2, -0.15) is 0 Å². The molecule has 0 aliphatic carbocycles. The van der Waals surface area contributed by atoms with Crippen LogP contribution < -0.4 is 0 Å². The number of unbranched alkanes of at least 4 members (excludes halogenated alkanes) is 22. The summed E-state index contributed by atoms with van der Waals surface area (Å²) in [5, 5.41) is 1.34. The first-order chi connectivity index (χ1) is 33.2. The normalized spacial score (nSPS) is 14.6. The largest absolute Gasteiger partial charge is 0.274 e. The Kier molecular flexibility index (Phi) is 27.1. The Morgan fingerprint density at radius 1 is 0.294 bits per heavy atom. The molecule has 6 nitrogen and oxygen atoms in total. The molecule has 4 rings (SSSR count). The lowest BCUT2D eigenvalue weighted by Gasteiger charge is -2.39. The minimum atomic E-state index is -0.178. The Bertz CT molecular complexity index is 1620. The topological polar surface area (TPSA) is 74.8 Å². The third-order valence-electron chi connectivity index (χ3n) is 16.1. The molecule has 0 aromatic heterocycles. The van der Waals surface area contributed by atoms with Gasteiger partial charge in [0.15, 0.2) is 0 Å². The Morgan fingerprint density at radius 2 is 0.515 bits per heavy atom. The van der Waals surface area contributed by atoms with Gasteiger partial charge in [0.05, 0.1) is 22.3 Å². The first kappa shape index (κ1) is 57.6.